The van der Waals surface area contributed by atoms with Crippen molar-refractivity contribution in [2.24, 2.45) is 10.8 Å². The lowest BCUT2D eigenvalue weighted by Gasteiger charge is -2.27. The average Bonchev–Trinajstić information content (AvgIpc) is 2.14. The first-order chi connectivity index (χ1) is 7.33. The van der Waals surface area contributed by atoms with Crippen LogP contribution in [-0.2, 0) is 19.0 Å². The molecule has 0 atom stereocenters. The zero-order chi connectivity index (χ0) is 12.7. The Balaban J connectivity index is 3.82. The summed E-state index contributed by atoms with van der Waals surface area (Å²) in [4.78, 5) is 10.1. The van der Waals surface area contributed by atoms with E-state index in [2.05, 4.69) is 13.8 Å². The van der Waals surface area contributed by atoms with Crippen molar-refractivity contribution in [3.8, 4) is 0 Å². The van der Waals surface area contributed by atoms with E-state index in [1.54, 1.807) is 7.11 Å². The molecule has 0 saturated heterocycles. The van der Waals surface area contributed by atoms with E-state index in [1.807, 2.05) is 13.8 Å². The van der Waals surface area contributed by atoms with Crippen LogP contribution in [0, 0.1) is 10.8 Å². The first kappa shape index (κ1) is 15.4. The average molecular weight is 232 g/mol. The Labute approximate surface area is 98.3 Å². The molecule has 0 aromatic carbocycles. The summed E-state index contributed by atoms with van der Waals surface area (Å²) in [6, 6.07) is 0. The van der Waals surface area contributed by atoms with E-state index in [-0.39, 0.29) is 10.8 Å². The largest absolute Gasteiger partial charge is 0.467 e. The fourth-order valence-corrected chi connectivity index (χ4v) is 1.34. The zero-order valence-corrected chi connectivity index (χ0v) is 11.0. The Bertz CT molecular complexity index is 199. The molecule has 0 saturated carbocycles. The molecule has 0 aliphatic rings. The van der Waals surface area contributed by atoms with Gasteiger partial charge in [-0.1, -0.05) is 27.7 Å². The highest BCUT2D eigenvalue weighted by Gasteiger charge is 2.23. The molecule has 0 heterocycles. The number of ether oxygens (including phenoxy) is 3. The summed E-state index contributed by atoms with van der Waals surface area (Å²) >= 11 is 0. The zero-order valence-electron chi connectivity index (χ0n) is 11.0. The number of hydrogen-bond donors (Lipinski definition) is 0. The maximum Gasteiger partial charge on any atom is 0.293 e. The predicted molar refractivity (Wildman–Crippen MR) is 62.3 cm³/mol. The Hall–Kier alpha value is -0.610. The minimum absolute atomic E-state index is 0.0103. The summed E-state index contributed by atoms with van der Waals surface area (Å²) in [6.45, 7) is 10.9. The molecule has 0 bridgehead atoms. The highest BCUT2D eigenvalue weighted by Crippen LogP contribution is 2.20. The van der Waals surface area contributed by atoms with Crippen molar-refractivity contribution in [1.29, 1.82) is 0 Å². The van der Waals surface area contributed by atoms with Crippen LogP contribution >= 0.6 is 0 Å². The summed E-state index contributed by atoms with van der Waals surface area (Å²) in [7, 11) is 1.68. The Morgan fingerprint density at radius 1 is 0.938 bits per heavy atom. The summed E-state index contributed by atoms with van der Waals surface area (Å²) < 4.78 is 15.5. The van der Waals surface area contributed by atoms with Gasteiger partial charge in [-0.2, -0.15) is 0 Å². The van der Waals surface area contributed by atoms with E-state index >= 15 is 0 Å². The Kier molecular flexibility index (Phi) is 6.60. The van der Waals surface area contributed by atoms with Gasteiger partial charge in [0.15, 0.2) is 0 Å². The topological polar surface area (TPSA) is 44.8 Å². The van der Waals surface area contributed by atoms with Crippen LogP contribution < -0.4 is 0 Å². The van der Waals surface area contributed by atoms with Gasteiger partial charge in [-0.05, 0) is 0 Å². The van der Waals surface area contributed by atoms with Gasteiger partial charge in [0, 0.05) is 17.9 Å². The van der Waals surface area contributed by atoms with Crippen LogP contribution in [0.15, 0.2) is 0 Å². The van der Waals surface area contributed by atoms with Gasteiger partial charge < -0.3 is 14.2 Å². The first-order valence-corrected chi connectivity index (χ1v) is 5.45. The molecule has 96 valence electrons. The molecule has 0 aliphatic heterocycles. The quantitative estimate of drug-likeness (QED) is 0.569. The lowest BCUT2D eigenvalue weighted by molar-refractivity contribution is -0.133. The minimum atomic E-state index is -0.149. The Morgan fingerprint density at radius 3 is 1.88 bits per heavy atom. The first-order valence-electron chi connectivity index (χ1n) is 5.45. The van der Waals surface area contributed by atoms with Crippen LogP contribution in [0.1, 0.15) is 27.7 Å². The summed E-state index contributed by atoms with van der Waals surface area (Å²) in [6.07, 6.45) is 0. The molecule has 4 nitrogen and oxygen atoms in total. The van der Waals surface area contributed by atoms with Gasteiger partial charge in [0.05, 0.1) is 26.4 Å². The van der Waals surface area contributed by atoms with Crippen molar-refractivity contribution >= 4 is 6.47 Å². The number of rotatable bonds is 9. The summed E-state index contributed by atoms with van der Waals surface area (Å²) in [5.74, 6) is 0. The molecule has 0 rings (SSSR count). The van der Waals surface area contributed by atoms with E-state index < -0.39 is 0 Å². The summed E-state index contributed by atoms with van der Waals surface area (Å²) in [5.41, 5.74) is -0.138. The molecular weight excluding hydrogens is 208 g/mol. The molecule has 16 heavy (non-hydrogen) atoms. The van der Waals surface area contributed by atoms with Crippen LogP contribution in [0.4, 0.5) is 0 Å². The SMILES string of the molecule is COCC(C)(C)COCC(C)(C)COC=O. The molecule has 4 heteroatoms. The lowest BCUT2D eigenvalue weighted by atomic mass is 9.94. The smallest absolute Gasteiger partial charge is 0.293 e. The fourth-order valence-electron chi connectivity index (χ4n) is 1.34. The third-order valence-electron chi connectivity index (χ3n) is 2.06. The highest BCUT2D eigenvalue weighted by atomic mass is 16.5. The molecule has 0 aromatic rings. The molecule has 0 aromatic heterocycles. The molecule has 0 aliphatic carbocycles. The van der Waals surface area contributed by atoms with Gasteiger partial charge in [-0.3, -0.25) is 4.79 Å². The van der Waals surface area contributed by atoms with Crippen molar-refractivity contribution in [2.45, 2.75) is 27.7 Å². The Morgan fingerprint density at radius 2 is 1.44 bits per heavy atom. The molecule has 0 N–H and O–H groups in total. The highest BCUT2D eigenvalue weighted by molar-refractivity contribution is 5.36. The van der Waals surface area contributed by atoms with Crippen molar-refractivity contribution in [3.05, 3.63) is 0 Å². The van der Waals surface area contributed by atoms with Crippen molar-refractivity contribution in [1.82, 2.24) is 0 Å². The second-order valence-electron chi connectivity index (χ2n) is 5.66. The molecule has 0 spiro atoms. The number of methoxy groups -OCH3 is 1. The van der Waals surface area contributed by atoms with E-state index in [9.17, 15) is 4.79 Å². The van der Waals surface area contributed by atoms with Crippen LogP contribution in [0.5, 0.6) is 0 Å². The van der Waals surface area contributed by atoms with E-state index in [1.165, 1.54) is 0 Å². The van der Waals surface area contributed by atoms with Gasteiger partial charge in [0.2, 0.25) is 0 Å². The molecule has 0 unspecified atom stereocenters. The van der Waals surface area contributed by atoms with E-state index in [0.717, 1.165) is 0 Å². The fraction of sp³-hybridized carbons (Fsp3) is 0.917. The second kappa shape index (κ2) is 6.86. The van der Waals surface area contributed by atoms with Crippen molar-refractivity contribution < 1.29 is 19.0 Å². The third-order valence-corrected chi connectivity index (χ3v) is 2.06. The van der Waals surface area contributed by atoms with Gasteiger partial charge >= 0.3 is 0 Å². The maximum absolute atomic E-state index is 10.1. The van der Waals surface area contributed by atoms with Gasteiger partial charge in [0.25, 0.3) is 6.47 Å². The summed E-state index contributed by atoms with van der Waals surface area (Å²) in [5, 5.41) is 0. The van der Waals surface area contributed by atoms with Gasteiger partial charge in [-0.25, -0.2) is 0 Å². The monoisotopic (exact) mass is 232 g/mol. The number of hydrogen-bond acceptors (Lipinski definition) is 4. The molecular formula is C12H24O4. The molecule has 0 radical (unpaired) electrons. The number of carbonyl (C=O) groups is 1. The van der Waals surface area contributed by atoms with Gasteiger partial charge in [0.1, 0.15) is 0 Å². The molecule has 0 fully saturated rings. The number of carbonyl (C=O) groups excluding carboxylic acids is 1. The lowest BCUT2D eigenvalue weighted by Crippen LogP contribution is -2.30. The van der Waals surface area contributed by atoms with Crippen LogP contribution in [0.2, 0.25) is 0 Å². The van der Waals surface area contributed by atoms with Crippen molar-refractivity contribution in [2.75, 3.05) is 33.5 Å². The third kappa shape index (κ3) is 7.65. The van der Waals surface area contributed by atoms with Crippen LogP contribution in [0.3, 0.4) is 0 Å². The molecule has 0 amide bonds. The normalized spacial score (nSPS) is 12.6. The van der Waals surface area contributed by atoms with Crippen LogP contribution in [0.25, 0.3) is 0 Å². The van der Waals surface area contributed by atoms with Gasteiger partial charge in [-0.15, -0.1) is 0 Å². The standard InChI is InChI=1S/C12H24O4/c1-11(2,6-14-5)7-15-8-12(3,4)9-16-10-13/h10H,6-9H2,1-5H3. The predicted octanol–water partition coefficient (Wildman–Crippen LogP) is 1.87. The second-order valence-corrected chi connectivity index (χ2v) is 5.66. The maximum atomic E-state index is 10.1. The van der Waals surface area contributed by atoms with E-state index in [0.29, 0.717) is 32.9 Å². The van der Waals surface area contributed by atoms with Crippen molar-refractivity contribution in [3.63, 3.8) is 0 Å². The van der Waals surface area contributed by atoms with Crippen LogP contribution in [-0.4, -0.2) is 40.0 Å². The minimum Gasteiger partial charge on any atom is -0.467 e. The van der Waals surface area contributed by atoms with E-state index in [4.69, 9.17) is 14.2 Å².